The molecule has 0 saturated heterocycles. The van der Waals surface area contributed by atoms with Crippen LogP contribution in [0.15, 0.2) is 47.6 Å². The summed E-state index contributed by atoms with van der Waals surface area (Å²) in [6, 6.07) is 15.7. The maximum atomic E-state index is 12.2. The fraction of sp³-hybridized carbons (Fsp3) is 0.286. The second-order valence-corrected chi connectivity index (χ2v) is 6.04. The van der Waals surface area contributed by atoms with Crippen molar-refractivity contribution in [1.82, 2.24) is 5.43 Å². The van der Waals surface area contributed by atoms with E-state index in [1.807, 2.05) is 44.2 Å². The first-order valence-corrected chi connectivity index (χ1v) is 8.68. The molecular formula is C21H24N4O. The highest BCUT2D eigenvalue weighted by Gasteiger charge is 2.07. The first kappa shape index (κ1) is 19.2. The molecule has 0 aliphatic rings. The molecule has 5 nitrogen and oxygen atoms in total. The molecule has 134 valence electrons. The number of carbonyl (C=O) groups excluding carboxylic acids is 1. The predicted octanol–water partition coefficient (Wildman–Crippen LogP) is 3.81. The van der Waals surface area contributed by atoms with E-state index in [-0.39, 0.29) is 5.91 Å². The lowest BCUT2D eigenvalue weighted by Crippen LogP contribution is -2.23. The van der Waals surface area contributed by atoms with Crippen molar-refractivity contribution in [2.75, 3.05) is 18.0 Å². The van der Waals surface area contributed by atoms with Crippen LogP contribution in [0.25, 0.3) is 0 Å². The number of aryl methyl sites for hydroxylation is 2. The van der Waals surface area contributed by atoms with E-state index in [1.165, 1.54) is 0 Å². The summed E-state index contributed by atoms with van der Waals surface area (Å²) in [6.45, 7) is 7.54. The van der Waals surface area contributed by atoms with Crippen LogP contribution in [0.3, 0.4) is 0 Å². The Balaban J connectivity index is 2.05. The first-order valence-electron chi connectivity index (χ1n) is 8.68. The van der Waals surface area contributed by atoms with E-state index in [0.29, 0.717) is 18.5 Å². The lowest BCUT2D eigenvalue weighted by molar-refractivity contribution is 0.0954. The van der Waals surface area contributed by atoms with Crippen LogP contribution < -0.4 is 10.3 Å². The Morgan fingerprint density at radius 1 is 1.23 bits per heavy atom. The molecule has 2 rings (SSSR count). The van der Waals surface area contributed by atoms with Crippen LogP contribution in [0.1, 0.15) is 40.4 Å². The van der Waals surface area contributed by atoms with Gasteiger partial charge in [0.2, 0.25) is 0 Å². The van der Waals surface area contributed by atoms with E-state index in [9.17, 15) is 4.79 Å². The number of amides is 1. The minimum Gasteiger partial charge on any atom is -0.371 e. The van der Waals surface area contributed by atoms with Crippen molar-refractivity contribution in [2.45, 2.75) is 27.2 Å². The molecule has 0 atom stereocenters. The number of carbonyl (C=O) groups is 1. The van der Waals surface area contributed by atoms with Crippen LogP contribution >= 0.6 is 0 Å². The van der Waals surface area contributed by atoms with Gasteiger partial charge in [-0.3, -0.25) is 4.79 Å². The molecule has 26 heavy (non-hydrogen) atoms. The van der Waals surface area contributed by atoms with Crippen molar-refractivity contribution in [1.29, 1.82) is 5.26 Å². The lowest BCUT2D eigenvalue weighted by atomic mass is 10.1. The molecule has 0 bridgehead atoms. The Bertz CT molecular complexity index is 836. The van der Waals surface area contributed by atoms with Gasteiger partial charge < -0.3 is 4.90 Å². The molecule has 1 amide bonds. The smallest absolute Gasteiger partial charge is 0.271 e. The number of nitrogens with zero attached hydrogens (tertiary/aromatic N) is 3. The highest BCUT2D eigenvalue weighted by atomic mass is 16.2. The highest BCUT2D eigenvalue weighted by Crippen LogP contribution is 2.18. The van der Waals surface area contributed by atoms with Crippen molar-refractivity contribution in [3.05, 3.63) is 64.7 Å². The molecule has 5 heteroatoms. The van der Waals surface area contributed by atoms with Gasteiger partial charge >= 0.3 is 0 Å². The van der Waals surface area contributed by atoms with Gasteiger partial charge in [0.1, 0.15) is 0 Å². The largest absolute Gasteiger partial charge is 0.371 e. The summed E-state index contributed by atoms with van der Waals surface area (Å²) >= 11 is 0. The Kier molecular flexibility index (Phi) is 6.92. The van der Waals surface area contributed by atoms with Crippen LogP contribution in [-0.2, 0) is 0 Å². The molecule has 0 unspecified atom stereocenters. The minimum atomic E-state index is -0.220. The van der Waals surface area contributed by atoms with Crippen LogP contribution in [0.4, 0.5) is 5.69 Å². The fourth-order valence-corrected chi connectivity index (χ4v) is 2.70. The summed E-state index contributed by atoms with van der Waals surface area (Å²) in [5.41, 5.74) is 7.20. The topological polar surface area (TPSA) is 68.5 Å². The van der Waals surface area contributed by atoms with Gasteiger partial charge in [0.05, 0.1) is 18.7 Å². The number of hydrogen-bond donors (Lipinski definition) is 1. The Hall–Kier alpha value is -3.13. The first-order chi connectivity index (χ1) is 12.6. The predicted molar refractivity (Wildman–Crippen MR) is 106 cm³/mol. The Labute approximate surface area is 155 Å². The van der Waals surface area contributed by atoms with Gasteiger partial charge in [0, 0.05) is 24.3 Å². The average molecular weight is 348 g/mol. The van der Waals surface area contributed by atoms with Gasteiger partial charge in [0.25, 0.3) is 5.91 Å². The zero-order chi connectivity index (χ0) is 18.9. The van der Waals surface area contributed by atoms with Gasteiger partial charge in [-0.25, -0.2) is 5.43 Å². The third-order valence-corrected chi connectivity index (χ3v) is 4.25. The summed E-state index contributed by atoms with van der Waals surface area (Å²) in [7, 11) is 0. The lowest BCUT2D eigenvalue weighted by Gasteiger charge is -2.22. The minimum absolute atomic E-state index is 0.220. The maximum Gasteiger partial charge on any atom is 0.271 e. The SMILES string of the molecule is CCN(CCC#N)c1ccc(/C=N\NC(=O)c2ccccc2C)c(C)c1. The monoisotopic (exact) mass is 348 g/mol. The summed E-state index contributed by atoms with van der Waals surface area (Å²) in [6.07, 6.45) is 2.15. The fourth-order valence-electron chi connectivity index (χ4n) is 2.70. The zero-order valence-electron chi connectivity index (χ0n) is 15.5. The number of nitriles is 1. The van der Waals surface area contributed by atoms with E-state index in [1.54, 1.807) is 12.3 Å². The van der Waals surface area contributed by atoms with Gasteiger partial charge in [-0.2, -0.15) is 10.4 Å². The van der Waals surface area contributed by atoms with E-state index in [2.05, 4.69) is 34.5 Å². The molecule has 0 spiro atoms. The summed E-state index contributed by atoms with van der Waals surface area (Å²) < 4.78 is 0. The highest BCUT2D eigenvalue weighted by molar-refractivity contribution is 5.96. The number of hydrogen-bond acceptors (Lipinski definition) is 4. The molecule has 0 aliphatic heterocycles. The Morgan fingerprint density at radius 3 is 2.65 bits per heavy atom. The molecule has 1 N–H and O–H groups in total. The molecule has 0 radical (unpaired) electrons. The Morgan fingerprint density at radius 2 is 2.00 bits per heavy atom. The van der Waals surface area contributed by atoms with Crippen molar-refractivity contribution in [3.8, 4) is 6.07 Å². The van der Waals surface area contributed by atoms with Gasteiger partial charge in [0.15, 0.2) is 0 Å². The molecule has 0 fully saturated rings. The van der Waals surface area contributed by atoms with Crippen molar-refractivity contribution < 1.29 is 4.79 Å². The van der Waals surface area contributed by atoms with Crippen LogP contribution in [0.2, 0.25) is 0 Å². The molecular weight excluding hydrogens is 324 g/mol. The van der Waals surface area contributed by atoms with E-state index in [4.69, 9.17) is 5.26 Å². The molecule has 2 aromatic rings. The summed E-state index contributed by atoms with van der Waals surface area (Å²) in [5.74, 6) is -0.220. The van der Waals surface area contributed by atoms with Crippen LogP contribution in [-0.4, -0.2) is 25.2 Å². The maximum absolute atomic E-state index is 12.2. The second kappa shape index (κ2) is 9.38. The van der Waals surface area contributed by atoms with E-state index in [0.717, 1.165) is 28.9 Å². The van der Waals surface area contributed by atoms with Gasteiger partial charge in [-0.05, 0) is 55.7 Å². The van der Waals surface area contributed by atoms with Crippen LogP contribution in [0.5, 0.6) is 0 Å². The quantitative estimate of drug-likeness (QED) is 0.611. The molecule has 0 aliphatic carbocycles. The summed E-state index contributed by atoms with van der Waals surface area (Å²) in [4.78, 5) is 14.3. The zero-order valence-corrected chi connectivity index (χ0v) is 15.5. The van der Waals surface area contributed by atoms with Gasteiger partial charge in [-0.1, -0.05) is 24.3 Å². The van der Waals surface area contributed by atoms with E-state index < -0.39 is 0 Å². The van der Waals surface area contributed by atoms with Crippen molar-refractivity contribution in [2.24, 2.45) is 5.10 Å². The summed E-state index contributed by atoms with van der Waals surface area (Å²) in [5, 5.41) is 12.9. The number of hydrazone groups is 1. The van der Waals surface area contributed by atoms with Crippen molar-refractivity contribution >= 4 is 17.8 Å². The van der Waals surface area contributed by atoms with Crippen molar-refractivity contribution in [3.63, 3.8) is 0 Å². The van der Waals surface area contributed by atoms with Crippen LogP contribution in [0, 0.1) is 25.2 Å². The third-order valence-electron chi connectivity index (χ3n) is 4.25. The number of rotatable bonds is 7. The second-order valence-electron chi connectivity index (χ2n) is 6.04. The average Bonchev–Trinajstić information content (AvgIpc) is 2.64. The molecule has 0 saturated carbocycles. The standard InChI is InChI=1S/C21H24N4O/c1-4-25(13-7-12-22)19-11-10-18(17(3)14-19)15-23-24-21(26)20-9-6-5-8-16(20)2/h5-6,8-11,14-15H,4,7,13H2,1-3H3,(H,24,26)/b23-15-. The molecule has 2 aromatic carbocycles. The third kappa shape index (κ3) is 4.93. The molecule has 0 aromatic heterocycles. The number of anilines is 1. The van der Waals surface area contributed by atoms with E-state index >= 15 is 0 Å². The number of nitrogens with one attached hydrogen (secondary N) is 1. The normalized spacial score (nSPS) is 10.5. The number of benzene rings is 2. The van der Waals surface area contributed by atoms with Gasteiger partial charge in [-0.15, -0.1) is 0 Å². The molecule has 0 heterocycles.